The Morgan fingerprint density at radius 1 is 1.33 bits per heavy atom. The topological polar surface area (TPSA) is 47.6 Å². The van der Waals surface area contributed by atoms with E-state index in [1.807, 2.05) is 48.6 Å². The SMILES string of the molecule is N#CC1=C2C[C@@H]2C(C(=N)/C=C/c2ccccc2)=C1. The number of nitriles is 1. The highest BCUT2D eigenvalue weighted by Gasteiger charge is 2.41. The number of fused-ring (bicyclic) bond motifs is 1. The lowest BCUT2D eigenvalue weighted by molar-refractivity contribution is 1.11. The lowest BCUT2D eigenvalue weighted by Crippen LogP contribution is -1.98. The highest BCUT2D eigenvalue weighted by Crippen LogP contribution is 2.51. The molecule has 1 aromatic rings. The summed E-state index contributed by atoms with van der Waals surface area (Å²) in [5.74, 6) is 0.354. The Balaban J connectivity index is 1.75. The standard InChI is InChI=1S/C16H12N2/c17-10-12-8-15(14-9-13(12)14)16(18)7-6-11-4-2-1-3-5-11/h1-8,14,18H,9H2/b7-6+,18-16?/t14-/m0/s1. The zero-order chi connectivity index (χ0) is 12.5. The van der Waals surface area contributed by atoms with E-state index in [0.717, 1.165) is 23.1 Å². The Morgan fingerprint density at radius 3 is 2.78 bits per heavy atom. The van der Waals surface area contributed by atoms with Crippen molar-refractivity contribution < 1.29 is 0 Å². The van der Waals surface area contributed by atoms with Gasteiger partial charge in [-0.3, -0.25) is 0 Å². The van der Waals surface area contributed by atoms with Gasteiger partial charge in [-0.2, -0.15) is 5.26 Å². The molecule has 0 aromatic heterocycles. The molecular weight excluding hydrogens is 220 g/mol. The minimum Gasteiger partial charge on any atom is -0.301 e. The molecule has 0 aliphatic heterocycles. The fraction of sp³-hybridized carbons (Fsp3) is 0.125. The van der Waals surface area contributed by atoms with Gasteiger partial charge in [-0.25, -0.2) is 0 Å². The summed E-state index contributed by atoms with van der Waals surface area (Å²) in [6, 6.07) is 12.1. The second kappa shape index (κ2) is 4.12. The van der Waals surface area contributed by atoms with Crippen LogP contribution in [0.3, 0.4) is 0 Å². The monoisotopic (exact) mass is 232 g/mol. The van der Waals surface area contributed by atoms with Gasteiger partial charge in [0.05, 0.1) is 17.4 Å². The molecule has 0 amide bonds. The first-order chi connectivity index (χ1) is 8.79. The number of hydrogen-bond acceptors (Lipinski definition) is 2. The minimum atomic E-state index is 0.354. The van der Waals surface area contributed by atoms with Crippen LogP contribution in [0, 0.1) is 22.7 Å². The number of benzene rings is 1. The molecule has 1 atom stereocenters. The summed E-state index contributed by atoms with van der Waals surface area (Å²) in [4.78, 5) is 0. The molecule has 86 valence electrons. The fourth-order valence-corrected chi connectivity index (χ4v) is 2.31. The molecular formula is C16H12N2. The van der Waals surface area contributed by atoms with Crippen LogP contribution < -0.4 is 0 Å². The molecule has 3 rings (SSSR count). The predicted molar refractivity (Wildman–Crippen MR) is 72.0 cm³/mol. The van der Waals surface area contributed by atoms with Crippen LogP contribution in [0.1, 0.15) is 12.0 Å². The molecule has 2 aliphatic rings. The van der Waals surface area contributed by atoms with Crippen LogP contribution in [0.5, 0.6) is 0 Å². The van der Waals surface area contributed by atoms with Gasteiger partial charge in [0.15, 0.2) is 0 Å². The summed E-state index contributed by atoms with van der Waals surface area (Å²) >= 11 is 0. The molecule has 1 saturated carbocycles. The first kappa shape index (κ1) is 10.7. The third-order valence-electron chi connectivity index (χ3n) is 3.38. The third-order valence-corrected chi connectivity index (χ3v) is 3.38. The minimum absolute atomic E-state index is 0.354. The maximum absolute atomic E-state index is 8.93. The fourth-order valence-electron chi connectivity index (χ4n) is 2.31. The zero-order valence-corrected chi connectivity index (χ0v) is 9.85. The molecule has 2 nitrogen and oxygen atoms in total. The van der Waals surface area contributed by atoms with Crippen molar-refractivity contribution in [1.29, 1.82) is 10.7 Å². The number of allylic oxidation sites excluding steroid dienone is 5. The smallest absolute Gasteiger partial charge is 0.0991 e. The first-order valence-electron chi connectivity index (χ1n) is 5.96. The molecule has 0 saturated heterocycles. The molecule has 0 bridgehead atoms. The van der Waals surface area contributed by atoms with E-state index >= 15 is 0 Å². The van der Waals surface area contributed by atoms with Crippen molar-refractivity contribution in [3.8, 4) is 6.07 Å². The Bertz CT molecular complexity index is 639. The van der Waals surface area contributed by atoms with Gasteiger partial charge in [0.25, 0.3) is 0 Å². The second-order valence-corrected chi connectivity index (χ2v) is 4.56. The second-order valence-electron chi connectivity index (χ2n) is 4.56. The normalized spacial score (nSPS) is 20.6. The largest absolute Gasteiger partial charge is 0.301 e. The molecule has 1 aromatic carbocycles. The van der Waals surface area contributed by atoms with Crippen LogP contribution in [0.25, 0.3) is 6.08 Å². The van der Waals surface area contributed by atoms with Crippen LogP contribution in [0.15, 0.2) is 59.2 Å². The van der Waals surface area contributed by atoms with Crippen molar-refractivity contribution in [1.82, 2.24) is 0 Å². The molecule has 18 heavy (non-hydrogen) atoms. The van der Waals surface area contributed by atoms with Gasteiger partial charge in [-0.15, -0.1) is 0 Å². The number of rotatable bonds is 3. The molecule has 1 N–H and O–H groups in total. The summed E-state index contributed by atoms with van der Waals surface area (Å²) < 4.78 is 0. The predicted octanol–water partition coefficient (Wildman–Crippen LogP) is 3.50. The van der Waals surface area contributed by atoms with E-state index in [2.05, 4.69) is 6.07 Å². The maximum Gasteiger partial charge on any atom is 0.0991 e. The van der Waals surface area contributed by atoms with Gasteiger partial charge >= 0.3 is 0 Å². The van der Waals surface area contributed by atoms with E-state index in [4.69, 9.17) is 10.7 Å². The van der Waals surface area contributed by atoms with Gasteiger partial charge in [0.1, 0.15) is 0 Å². The van der Waals surface area contributed by atoms with Crippen LogP contribution in [0.2, 0.25) is 0 Å². The number of nitrogens with zero attached hydrogens (tertiary/aromatic N) is 1. The summed E-state index contributed by atoms with van der Waals surface area (Å²) in [6.07, 6.45) is 6.59. The summed E-state index contributed by atoms with van der Waals surface area (Å²) in [5, 5.41) is 17.0. The Labute approximate surface area is 106 Å². The van der Waals surface area contributed by atoms with Gasteiger partial charge in [0.2, 0.25) is 0 Å². The molecule has 2 heteroatoms. The zero-order valence-electron chi connectivity index (χ0n) is 9.85. The molecule has 1 fully saturated rings. The van der Waals surface area contributed by atoms with E-state index in [0.29, 0.717) is 11.6 Å². The molecule has 0 unspecified atom stereocenters. The van der Waals surface area contributed by atoms with E-state index in [-0.39, 0.29) is 0 Å². The van der Waals surface area contributed by atoms with Gasteiger partial charge in [-0.1, -0.05) is 36.4 Å². The van der Waals surface area contributed by atoms with Crippen molar-refractivity contribution in [2.75, 3.05) is 0 Å². The van der Waals surface area contributed by atoms with Gasteiger partial charge in [0, 0.05) is 5.92 Å². The number of hydrogen-bond donors (Lipinski definition) is 1. The highest BCUT2D eigenvalue weighted by atomic mass is 14.5. The van der Waals surface area contributed by atoms with E-state index in [9.17, 15) is 0 Å². The molecule has 2 aliphatic carbocycles. The summed E-state index contributed by atoms with van der Waals surface area (Å²) in [7, 11) is 0. The quantitative estimate of drug-likeness (QED) is 0.796. The third kappa shape index (κ3) is 1.80. The van der Waals surface area contributed by atoms with Gasteiger partial charge < -0.3 is 5.41 Å². The van der Waals surface area contributed by atoms with E-state index in [1.165, 1.54) is 5.57 Å². The molecule has 0 heterocycles. The van der Waals surface area contributed by atoms with Crippen molar-refractivity contribution in [3.63, 3.8) is 0 Å². The van der Waals surface area contributed by atoms with E-state index in [1.54, 1.807) is 0 Å². The number of nitrogens with one attached hydrogen (secondary N) is 1. The van der Waals surface area contributed by atoms with Crippen molar-refractivity contribution in [3.05, 3.63) is 64.8 Å². The lowest BCUT2D eigenvalue weighted by atomic mass is 10.1. The average molecular weight is 232 g/mol. The summed E-state index contributed by atoms with van der Waals surface area (Å²) in [6.45, 7) is 0. The highest BCUT2D eigenvalue weighted by molar-refractivity contribution is 6.11. The van der Waals surface area contributed by atoms with Crippen LogP contribution in [-0.4, -0.2) is 5.71 Å². The van der Waals surface area contributed by atoms with Gasteiger partial charge in [-0.05, 0) is 35.3 Å². The van der Waals surface area contributed by atoms with Crippen molar-refractivity contribution in [2.24, 2.45) is 5.92 Å². The van der Waals surface area contributed by atoms with E-state index < -0.39 is 0 Å². The molecule has 0 radical (unpaired) electrons. The van der Waals surface area contributed by atoms with Crippen LogP contribution in [-0.2, 0) is 0 Å². The lowest BCUT2D eigenvalue weighted by Gasteiger charge is -2.00. The van der Waals surface area contributed by atoms with Crippen LogP contribution in [0.4, 0.5) is 0 Å². The Morgan fingerprint density at radius 2 is 2.11 bits per heavy atom. The van der Waals surface area contributed by atoms with Crippen molar-refractivity contribution >= 4 is 11.8 Å². The average Bonchev–Trinajstić information content (AvgIpc) is 3.12. The maximum atomic E-state index is 8.93. The molecule has 0 spiro atoms. The first-order valence-corrected chi connectivity index (χ1v) is 5.96. The van der Waals surface area contributed by atoms with Crippen LogP contribution >= 0.6 is 0 Å². The van der Waals surface area contributed by atoms with Crippen molar-refractivity contribution in [2.45, 2.75) is 6.42 Å². The summed E-state index contributed by atoms with van der Waals surface area (Å²) in [5.41, 5.74) is 4.58. The Kier molecular flexibility index (Phi) is 2.46. The Hall–Kier alpha value is -2.40.